The number of aromatic amines is 1. The maximum absolute atomic E-state index is 10.6. The molecule has 1 aliphatic rings. The van der Waals surface area contributed by atoms with Crippen LogP contribution in [0.15, 0.2) is 18.2 Å². The molecule has 0 aliphatic heterocycles. The summed E-state index contributed by atoms with van der Waals surface area (Å²) in [5.74, 6) is -0.732. The lowest BCUT2D eigenvalue weighted by Gasteiger charge is -2.00. The first-order chi connectivity index (χ1) is 8.24. The van der Waals surface area contributed by atoms with E-state index in [1.54, 1.807) is 0 Å². The van der Waals surface area contributed by atoms with Crippen molar-refractivity contribution in [3.63, 3.8) is 0 Å². The van der Waals surface area contributed by atoms with E-state index < -0.39 is 5.97 Å². The average Bonchev–Trinajstić information content (AvgIpc) is 2.86. The van der Waals surface area contributed by atoms with Crippen LogP contribution in [0.5, 0.6) is 0 Å². The molecule has 0 spiro atoms. The molecule has 0 atom stereocenters. The van der Waals surface area contributed by atoms with E-state index in [-0.39, 0.29) is 6.42 Å². The second-order valence-corrected chi connectivity index (χ2v) is 4.71. The maximum atomic E-state index is 10.6. The number of rotatable bonds is 3. The van der Waals surface area contributed by atoms with Crippen LogP contribution in [0.25, 0.3) is 10.9 Å². The normalized spacial score (nSPS) is 14.1. The molecule has 0 unspecified atom stereocenters. The summed E-state index contributed by atoms with van der Waals surface area (Å²) in [4.78, 5) is 14.0. The fraction of sp³-hybridized carbons (Fsp3) is 0.357. The van der Waals surface area contributed by atoms with Gasteiger partial charge in [0, 0.05) is 23.0 Å². The molecule has 0 amide bonds. The lowest BCUT2D eigenvalue weighted by atomic mass is 10.0. The Hall–Kier alpha value is -1.77. The van der Waals surface area contributed by atoms with Crippen molar-refractivity contribution in [2.45, 2.75) is 32.1 Å². The molecule has 1 aliphatic carbocycles. The molecule has 88 valence electrons. The molecule has 3 rings (SSSR count). The zero-order valence-corrected chi connectivity index (χ0v) is 9.62. The van der Waals surface area contributed by atoms with Crippen molar-refractivity contribution in [2.24, 2.45) is 0 Å². The van der Waals surface area contributed by atoms with E-state index in [0.29, 0.717) is 6.42 Å². The summed E-state index contributed by atoms with van der Waals surface area (Å²) in [6.45, 7) is 0. The van der Waals surface area contributed by atoms with Gasteiger partial charge in [0.15, 0.2) is 0 Å². The molecule has 3 nitrogen and oxygen atoms in total. The fourth-order valence-electron chi connectivity index (χ4n) is 2.70. The molecular formula is C14H15NO2. The van der Waals surface area contributed by atoms with Gasteiger partial charge in [-0.05, 0) is 48.9 Å². The van der Waals surface area contributed by atoms with Gasteiger partial charge in [-0.15, -0.1) is 0 Å². The highest BCUT2D eigenvalue weighted by molar-refractivity contribution is 5.86. The first-order valence-corrected chi connectivity index (χ1v) is 6.08. The molecule has 0 fully saturated rings. The number of carboxylic acids is 1. The van der Waals surface area contributed by atoms with Crippen LogP contribution in [-0.2, 0) is 24.1 Å². The number of hydrogen-bond donors (Lipinski definition) is 2. The van der Waals surface area contributed by atoms with Gasteiger partial charge in [0.05, 0.1) is 0 Å². The standard InChI is InChI=1S/C14H15NO2/c16-14(17)7-5-9-4-6-13-11(8-9)10-2-1-3-12(10)15-13/h4,6,8,15H,1-3,5,7H2,(H,16,17). The molecule has 2 N–H and O–H groups in total. The lowest BCUT2D eigenvalue weighted by molar-refractivity contribution is -0.136. The van der Waals surface area contributed by atoms with Gasteiger partial charge in [0.1, 0.15) is 0 Å². The molecule has 1 aromatic heterocycles. The molecule has 0 saturated heterocycles. The highest BCUT2D eigenvalue weighted by atomic mass is 16.4. The van der Waals surface area contributed by atoms with Crippen LogP contribution < -0.4 is 0 Å². The van der Waals surface area contributed by atoms with Crippen molar-refractivity contribution >= 4 is 16.9 Å². The lowest BCUT2D eigenvalue weighted by Crippen LogP contribution is -1.97. The van der Waals surface area contributed by atoms with E-state index in [4.69, 9.17) is 5.11 Å². The fourth-order valence-corrected chi connectivity index (χ4v) is 2.70. The molecule has 1 heterocycles. The van der Waals surface area contributed by atoms with Gasteiger partial charge in [0.2, 0.25) is 0 Å². The third-order valence-corrected chi connectivity index (χ3v) is 3.54. The van der Waals surface area contributed by atoms with E-state index in [1.165, 1.54) is 28.6 Å². The Morgan fingerprint density at radius 2 is 2.24 bits per heavy atom. The second kappa shape index (κ2) is 3.91. The van der Waals surface area contributed by atoms with Gasteiger partial charge in [0.25, 0.3) is 0 Å². The smallest absolute Gasteiger partial charge is 0.303 e. The Morgan fingerprint density at radius 3 is 3.06 bits per heavy atom. The summed E-state index contributed by atoms with van der Waals surface area (Å²) in [6.07, 6.45) is 4.35. The van der Waals surface area contributed by atoms with Crippen LogP contribution in [0, 0.1) is 0 Å². The summed E-state index contributed by atoms with van der Waals surface area (Å²) in [5, 5.41) is 9.99. The number of aryl methyl sites for hydroxylation is 3. The summed E-state index contributed by atoms with van der Waals surface area (Å²) < 4.78 is 0. The number of aliphatic carboxylic acids is 1. The van der Waals surface area contributed by atoms with Crippen molar-refractivity contribution in [3.8, 4) is 0 Å². The third-order valence-electron chi connectivity index (χ3n) is 3.54. The van der Waals surface area contributed by atoms with Gasteiger partial charge in [-0.1, -0.05) is 6.07 Å². The number of aromatic nitrogens is 1. The minimum absolute atomic E-state index is 0.206. The van der Waals surface area contributed by atoms with Crippen molar-refractivity contribution in [3.05, 3.63) is 35.0 Å². The quantitative estimate of drug-likeness (QED) is 0.850. The molecular weight excluding hydrogens is 214 g/mol. The first-order valence-electron chi connectivity index (χ1n) is 6.08. The van der Waals surface area contributed by atoms with Crippen LogP contribution >= 0.6 is 0 Å². The minimum Gasteiger partial charge on any atom is -0.481 e. The Morgan fingerprint density at radius 1 is 1.35 bits per heavy atom. The SMILES string of the molecule is O=C(O)CCc1ccc2[nH]c3c(c2c1)CCC3. The monoisotopic (exact) mass is 229 g/mol. The number of carboxylic acid groups (broad SMARTS) is 1. The second-order valence-electron chi connectivity index (χ2n) is 4.71. The van der Waals surface area contributed by atoms with E-state index >= 15 is 0 Å². The van der Waals surface area contributed by atoms with Gasteiger partial charge < -0.3 is 10.1 Å². The Balaban J connectivity index is 1.97. The van der Waals surface area contributed by atoms with E-state index in [1.807, 2.05) is 6.07 Å². The Labute approximate surface area is 99.5 Å². The van der Waals surface area contributed by atoms with E-state index in [2.05, 4.69) is 17.1 Å². The number of fused-ring (bicyclic) bond motifs is 3. The number of H-pyrrole nitrogens is 1. The van der Waals surface area contributed by atoms with Gasteiger partial charge in [-0.2, -0.15) is 0 Å². The Kier molecular flexibility index (Phi) is 2.39. The molecule has 1 aromatic carbocycles. The van der Waals surface area contributed by atoms with Crippen molar-refractivity contribution in [1.82, 2.24) is 4.98 Å². The van der Waals surface area contributed by atoms with E-state index in [0.717, 1.165) is 18.4 Å². The molecule has 3 heteroatoms. The maximum Gasteiger partial charge on any atom is 0.303 e. The number of nitrogens with one attached hydrogen (secondary N) is 1. The molecule has 2 aromatic rings. The predicted octanol–water partition coefficient (Wildman–Crippen LogP) is 2.67. The highest BCUT2D eigenvalue weighted by Crippen LogP contribution is 2.30. The molecule has 0 radical (unpaired) electrons. The largest absolute Gasteiger partial charge is 0.481 e. The number of hydrogen-bond acceptors (Lipinski definition) is 1. The number of carbonyl (C=O) groups is 1. The average molecular weight is 229 g/mol. The minimum atomic E-state index is -0.732. The van der Waals surface area contributed by atoms with Gasteiger partial charge in [-0.3, -0.25) is 4.79 Å². The van der Waals surface area contributed by atoms with Crippen LogP contribution in [0.4, 0.5) is 0 Å². The zero-order chi connectivity index (χ0) is 11.8. The summed E-state index contributed by atoms with van der Waals surface area (Å²) in [7, 11) is 0. The predicted molar refractivity (Wildman–Crippen MR) is 66.3 cm³/mol. The van der Waals surface area contributed by atoms with Crippen LogP contribution in [0.2, 0.25) is 0 Å². The first kappa shape index (κ1) is 10.4. The number of benzene rings is 1. The zero-order valence-electron chi connectivity index (χ0n) is 9.62. The van der Waals surface area contributed by atoms with Gasteiger partial charge >= 0.3 is 5.97 Å². The van der Waals surface area contributed by atoms with Crippen molar-refractivity contribution in [1.29, 1.82) is 0 Å². The molecule has 17 heavy (non-hydrogen) atoms. The highest BCUT2D eigenvalue weighted by Gasteiger charge is 2.16. The third kappa shape index (κ3) is 1.82. The van der Waals surface area contributed by atoms with Crippen LogP contribution in [-0.4, -0.2) is 16.1 Å². The van der Waals surface area contributed by atoms with E-state index in [9.17, 15) is 4.79 Å². The van der Waals surface area contributed by atoms with Crippen LogP contribution in [0.3, 0.4) is 0 Å². The summed E-state index contributed by atoms with van der Waals surface area (Å²) in [6, 6.07) is 6.25. The summed E-state index contributed by atoms with van der Waals surface area (Å²) in [5.41, 5.74) is 5.12. The molecule has 0 bridgehead atoms. The summed E-state index contributed by atoms with van der Waals surface area (Å²) >= 11 is 0. The topological polar surface area (TPSA) is 53.1 Å². The van der Waals surface area contributed by atoms with Crippen LogP contribution in [0.1, 0.15) is 29.7 Å². The van der Waals surface area contributed by atoms with Crippen molar-refractivity contribution in [2.75, 3.05) is 0 Å². The van der Waals surface area contributed by atoms with Gasteiger partial charge in [-0.25, -0.2) is 0 Å². The van der Waals surface area contributed by atoms with Crippen molar-refractivity contribution < 1.29 is 9.90 Å². The molecule has 0 saturated carbocycles. The Bertz CT molecular complexity index is 583.